The summed E-state index contributed by atoms with van der Waals surface area (Å²) in [5.41, 5.74) is -0.477. The van der Waals surface area contributed by atoms with Gasteiger partial charge in [-0.05, 0) is 33.1 Å². The number of nitrogens with zero attached hydrogens (tertiary/aromatic N) is 3. The van der Waals surface area contributed by atoms with Crippen molar-refractivity contribution in [1.82, 2.24) is 15.1 Å². The molecule has 1 fully saturated rings. The molecule has 0 aliphatic carbocycles. The van der Waals surface area contributed by atoms with Crippen molar-refractivity contribution in [3.63, 3.8) is 0 Å². The van der Waals surface area contributed by atoms with Gasteiger partial charge >= 0.3 is 0 Å². The van der Waals surface area contributed by atoms with E-state index in [0.29, 0.717) is 27.3 Å². The highest BCUT2D eigenvalue weighted by molar-refractivity contribution is 8.01. The van der Waals surface area contributed by atoms with Crippen LogP contribution >= 0.6 is 23.1 Å². The van der Waals surface area contributed by atoms with E-state index in [1.54, 1.807) is 0 Å². The predicted molar refractivity (Wildman–Crippen MR) is 98.3 cm³/mol. The van der Waals surface area contributed by atoms with E-state index in [1.807, 2.05) is 25.7 Å². The highest BCUT2D eigenvalue weighted by Gasteiger charge is 2.29. The second-order valence-corrected chi connectivity index (χ2v) is 9.50. The van der Waals surface area contributed by atoms with Gasteiger partial charge in [0, 0.05) is 17.5 Å². The lowest BCUT2D eigenvalue weighted by Gasteiger charge is -2.39. The summed E-state index contributed by atoms with van der Waals surface area (Å²) in [5, 5.41) is 11.3. The number of aromatic nitrogens is 2. The molecule has 8 heteroatoms. The van der Waals surface area contributed by atoms with Crippen LogP contribution in [0.3, 0.4) is 0 Å². The fourth-order valence-corrected chi connectivity index (χ4v) is 4.33. The number of thioether (sulfide) groups is 1. The molecule has 6 nitrogen and oxygen atoms in total. The maximum Gasteiger partial charge on any atom is 0.233 e. The molecule has 2 rings (SSSR count). The fourth-order valence-electron chi connectivity index (χ4n) is 2.71. The largest absolute Gasteiger partial charge is 0.337 e. The Bertz CT molecular complexity index is 587. The number of hydrogen-bond acceptors (Lipinski definition) is 6. The minimum atomic E-state index is -0.477. The molecule has 1 aromatic rings. The summed E-state index contributed by atoms with van der Waals surface area (Å²) in [6, 6.07) is 0.607. The van der Waals surface area contributed by atoms with Crippen LogP contribution in [-0.2, 0) is 9.59 Å². The van der Waals surface area contributed by atoms with E-state index in [1.165, 1.54) is 29.5 Å². The lowest BCUT2D eigenvalue weighted by Crippen LogP contribution is -2.48. The van der Waals surface area contributed by atoms with E-state index in [9.17, 15) is 9.59 Å². The van der Waals surface area contributed by atoms with Crippen molar-refractivity contribution in [3.8, 4) is 0 Å². The van der Waals surface area contributed by atoms with Crippen LogP contribution in [0.15, 0.2) is 4.34 Å². The van der Waals surface area contributed by atoms with Gasteiger partial charge in [0.2, 0.25) is 16.9 Å². The van der Waals surface area contributed by atoms with Crippen molar-refractivity contribution in [2.75, 3.05) is 11.1 Å². The molecule has 2 amide bonds. The highest BCUT2D eigenvalue weighted by Crippen LogP contribution is 2.29. The number of carbonyl (C=O) groups is 2. The average Bonchev–Trinajstić information content (AvgIpc) is 2.91. The standard InChI is InChI=1S/C16H26N4O2S2/c1-10-7-6-8-11(2)20(10)12(21)9-23-15-19-18-14(24-15)17-13(22)16(3,4)5/h10-11H,6-9H2,1-5H3,(H,17,18,22)/t10-,11-/m0/s1. The smallest absolute Gasteiger partial charge is 0.233 e. The molecule has 0 bridgehead atoms. The van der Waals surface area contributed by atoms with Gasteiger partial charge < -0.3 is 10.2 Å². The molecule has 2 heterocycles. The molecule has 24 heavy (non-hydrogen) atoms. The topological polar surface area (TPSA) is 75.2 Å². The number of hydrogen-bond donors (Lipinski definition) is 1. The van der Waals surface area contributed by atoms with E-state index >= 15 is 0 Å². The van der Waals surface area contributed by atoms with Gasteiger partial charge in [-0.25, -0.2) is 0 Å². The Hall–Kier alpha value is -1.15. The third kappa shape index (κ3) is 4.92. The van der Waals surface area contributed by atoms with E-state index in [2.05, 4.69) is 29.4 Å². The molecular formula is C16H26N4O2S2. The van der Waals surface area contributed by atoms with E-state index in [0.717, 1.165) is 12.8 Å². The summed E-state index contributed by atoms with van der Waals surface area (Å²) in [6.45, 7) is 9.77. The van der Waals surface area contributed by atoms with E-state index in [-0.39, 0.29) is 11.8 Å². The van der Waals surface area contributed by atoms with Crippen molar-refractivity contribution in [2.45, 2.75) is 70.3 Å². The maximum absolute atomic E-state index is 12.5. The average molecular weight is 371 g/mol. The van der Waals surface area contributed by atoms with Gasteiger partial charge in [-0.1, -0.05) is 43.9 Å². The molecule has 1 N–H and O–H groups in total. The summed E-state index contributed by atoms with van der Waals surface area (Å²) >= 11 is 2.69. The van der Waals surface area contributed by atoms with Gasteiger partial charge in [0.15, 0.2) is 4.34 Å². The Labute approximate surface area is 151 Å². The summed E-state index contributed by atoms with van der Waals surface area (Å²) in [7, 11) is 0. The van der Waals surface area contributed by atoms with Crippen LogP contribution in [-0.4, -0.2) is 44.7 Å². The Balaban J connectivity index is 1.88. The quantitative estimate of drug-likeness (QED) is 0.649. The lowest BCUT2D eigenvalue weighted by molar-refractivity contribution is -0.134. The number of anilines is 1. The number of amides is 2. The predicted octanol–water partition coefficient (Wildman–Crippen LogP) is 3.40. The molecule has 1 saturated heterocycles. The molecule has 134 valence electrons. The number of piperidine rings is 1. The van der Waals surface area contributed by atoms with Crippen molar-refractivity contribution in [3.05, 3.63) is 0 Å². The van der Waals surface area contributed by atoms with Gasteiger partial charge in [0.05, 0.1) is 5.75 Å². The first-order valence-electron chi connectivity index (χ1n) is 8.27. The lowest BCUT2D eigenvalue weighted by atomic mass is 9.96. The normalized spacial score (nSPS) is 21.6. The third-order valence-corrected chi connectivity index (χ3v) is 6.07. The van der Waals surface area contributed by atoms with Gasteiger partial charge in [-0.15, -0.1) is 10.2 Å². The Morgan fingerprint density at radius 1 is 1.25 bits per heavy atom. The fraction of sp³-hybridized carbons (Fsp3) is 0.750. The molecule has 0 spiro atoms. The molecule has 0 radical (unpaired) electrons. The van der Waals surface area contributed by atoms with E-state index in [4.69, 9.17) is 0 Å². The Morgan fingerprint density at radius 2 is 1.88 bits per heavy atom. The minimum absolute atomic E-state index is 0.0951. The monoisotopic (exact) mass is 370 g/mol. The summed E-state index contributed by atoms with van der Waals surface area (Å²) in [5.74, 6) is 0.411. The molecule has 2 atom stereocenters. The molecular weight excluding hydrogens is 344 g/mol. The molecule has 1 aliphatic heterocycles. The van der Waals surface area contributed by atoms with Crippen LogP contribution in [0.5, 0.6) is 0 Å². The number of rotatable bonds is 4. The second kappa shape index (κ2) is 7.82. The van der Waals surface area contributed by atoms with Crippen molar-refractivity contribution < 1.29 is 9.59 Å². The van der Waals surface area contributed by atoms with Crippen molar-refractivity contribution >= 4 is 40.0 Å². The number of carbonyl (C=O) groups excluding carboxylic acids is 2. The van der Waals surface area contributed by atoms with Gasteiger partial charge in [-0.3, -0.25) is 9.59 Å². The third-order valence-electron chi connectivity index (χ3n) is 4.11. The first-order chi connectivity index (χ1) is 11.2. The zero-order chi connectivity index (χ0) is 17.9. The Kier molecular flexibility index (Phi) is 6.25. The minimum Gasteiger partial charge on any atom is -0.337 e. The molecule has 1 aromatic heterocycles. The highest BCUT2D eigenvalue weighted by atomic mass is 32.2. The first kappa shape index (κ1) is 19.2. The van der Waals surface area contributed by atoms with Crippen LogP contribution in [0, 0.1) is 5.41 Å². The SMILES string of the molecule is C[C@H]1CCC[C@H](C)N1C(=O)CSc1nnc(NC(=O)C(C)(C)C)s1. The Morgan fingerprint density at radius 3 is 2.46 bits per heavy atom. The molecule has 0 saturated carbocycles. The zero-order valence-electron chi connectivity index (χ0n) is 15.0. The van der Waals surface area contributed by atoms with E-state index < -0.39 is 5.41 Å². The van der Waals surface area contributed by atoms with Crippen LogP contribution in [0.25, 0.3) is 0 Å². The van der Waals surface area contributed by atoms with Crippen molar-refractivity contribution in [2.24, 2.45) is 5.41 Å². The first-order valence-corrected chi connectivity index (χ1v) is 10.1. The van der Waals surface area contributed by atoms with Gasteiger partial charge in [0.25, 0.3) is 0 Å². The summed E-state index contributed by atoms with van der Waals surface area (Å²) in [6.07, 6.45) is 3.33. The molecule has 1 aliphatic rings. The van der Waals surface area contributed by atoms with Crippen LogP contribution in [0.4, 0.5) is 5.13 Å². The number of nitrogens with one attached hydrogen (secondary N) is 1. The number of likely N-dealkylation sites (tertiary alicyclic amines) is 1. The maximum atomic E-state index is 12.5. The van der Waals surface area contributed by atoms with Crippen molar-refractivity contribution in [1.29, 1.82) is 0 Å². The van der Waals surface area contributed by atoms with Gasteiger partial charge in [-0.2, -0.15) is 0 Å². The zero-order valence-corrected chi connectivity index (χ0v) is 16.6. The van der Waals surface area contributed by atoms with Crippen LogP contribution in [0.2, 0.25) is 0 Å². The van der Waals surface area contributed by atoms with Crippen LogP contribution < -0.4 is 5.32 Å². The molecule has 0 unspecified atom stereocenters. The summed E-state index contributed by atoms with van der Waals surface area (Å²) < 4.78 is 0.699. The summed E-state index contributed by atoms with van der Waals surface area (Å²) in [4.78, 5) is 26.4. The molecule has 0 aromatic carbocycles. The van der Waals surface area contributed by atoms with Gasteiger partial charge in [0.1, 0.15) is 0 Å². The van der Waals surface area contributed by atoms with Crippen LogP contribution in [0.1, 0.15) is 53.9 Å². The second-order valence-electron chi connectivity index (χ2n) is 7.30.